The molecule has 102 valence electrons. The molecule has 0 saturated carbocycles. The van der Waals surface area contributed by atoms with Crippen molar-refractivity contribution in [1.82, 2.24) is 4.90 Å². The number of fused-ring (bicyclic) bond motifs is 1. The first-order valence-corrected chi connectivity index (χ1v) is 7.28. The summed E-state index contributed by atoms with van der Waals surface area (Å²) in [5.74, 6) is 1.08. The Morgan fingerprint density at radius 3 is 2.14 bits per heavy atom. The van der Waals surface area contributed by atoms with Gasteiger partial charge in [0.1, 0.15) is 5.84 Å². The number of amidine groups is 1. The monoisotopic (exact) mass is 272 g/mol. The van der Waals surface area contributed by atoms with Crippen molar-refractivity contribution in [3.8, 4) is 0 Å². The Kier molecular flexibility index (Phi) is 2.93. The minimum absolute atomic E-state index is 0.873. The van der Waals surface area contributed by atoms with Crippen molar-refractivity contribution in [3.63, 3.8) is 0 Å². The first-order valence-electron chi connectivity index (χ1n) is 7.28. The van der Waals surface area contributed by atoms with Gasteiger partial charge >= 0.3 is 0 Å². The van der Waals surface area contributed by atoms with Crippen LogP contribution in [0.1, 0.15) is 11.1 Å². The van der Waals surface area contributed by atoms with Crippen molar-refractivity contribution >= 4 is 17.1 Å². The van der Waals surface area contributed by atoms with Crippen LogP contribution in [0.3, 0.4) is 0 Å². The largest absolute Gasteiger partial charge is 0.324 e. The molecule has 2 heteroatoms. The third-order valence-electron chi connectivity index (χ3n) is 3.92. The van der Waals surface area contributed by atoms with Gasteiger partial charge in [-0.1, -0.05) is 60.7 Å². The molecule has 21 heavy (non-hydrogen) atoms. The molecule has 2 nitrogen and oxygen atoms in total. The van der Waals surface area contributed by atoms with E-state index in [1.807, 2.05) is 6.07 Å². The van der Waals surface area contributed by atoms with Crippen molar-refractivity contribution in [2.45, 2.75) is 0 Å². The maximum absolute atomic E-state index is 4.63. The molecule has 0 aliphatic carbocycles. The minimum atomic E-state index is 0.873. The van der Waals surface area contributed by atoms with Gasteiger partial charge in [-0.3, -0.25) is 4.99 Å². The summed E-state index contributed by atoms with van der Waals surface area (Å²) in [6.07, 6.45) is 4.46. The predicted octanol–water partition coefficient (Wildman–Crippen LogP) is 3.84. The summed E-state index contributed by atoms with van der Waals surface area (Å²) in [5.41, 5.74) is 4.95. The number of hydrogen-bond donors (Lipinski definition) is 0. The van der Waals surface area contributed by atoms with E-state index in [9.17, 15) is 0 Å². The summed E-state index contributed by atoms with van der Waals surface area (Å²) in [6, 6.07) is 21.1. The molecule has 0 spiro atoms. The molecule has 0 radical (unpaired) electrons. The molecule has 0 unspecified atom stereocenters. The van der Waals surface area contributed by atoms with Crippen molar-refractivity contribution in [2.24, 2.45) is 4.99 Å². The molecule has 2 heterocycles. The molecule has 0 N–H and O–H groups in total. The Morgan fingerprint density at radius 2 is 1.43 bits per heavy atom. The van der Waals surface area contributed by atoms with Gasteiger partial charge in [0.05, 0.1) is 12.2 Å². The fourth-order valence-corrected chi connectivity index (χ4v) is 2.88. The number of benzene rings is 2. The second kappa shape index (κ2) is 5.06. The molecule has 0 saturated heterocycles. The second-order valence-electron chi connectivity index (χ2n) is 5.25. The Bertz CT molecular complexity index is 740. The van der Waals surface area contributed by atoms with Crippen LogP contribution in [0.5, 0.6) is 0 Å². The molecular weight excluding hydrogens is 256 g/mol. The molecule has 0 atom stereocenters. The zero-order chi connectivity index (χ0) is 14.1. The summed E-state index contributed by atoms with van der Waals surface area (Å²) in [7, 11) is 0. The van der Waals surface area contributed by atoms with Gasteiger partial charge in [-0.15, -0.1) is 0 Å². The Balaban J connectivity index is 1.84. The van der Waals surface area contributed by atoms with Crippen LogP contribution in [-0.2, 0) is 0 Å². The molecule has 0 fully saturated rings. The van der Waals surface area contributed by atoms with E-state index in [0.29, 0.717) is 0 Å². The fourth-order valence-electron chi connectivity index (χ4n) is 2.88. The van der Waals surface area contributed by atoms with Gasteiger partial charge in [0.25, 0.3) is 0 Å². The van der Waals surface area contributed by atoms with Gasteiger partial charge in [0, 0.05) is 6.54 Å². The van der Waals surface area contributed by atoms with E-state index in [0.717, 1.165) is 18.9 Å². The Labute approximate surface area is 124 Å². The highest BCUT2D eigenvalue weighted by molar-refractivity contribution is 6.10. The van der Waals surface area contributed by atoms with E-state index in [1.165, 1.54) is 22.4 Å². The van der Waals surface area contributed by atoms with E-state index in [-0.39, 0.29) is 0 Å². The molecular formula is C19H16N2. The third kappa shape index (κ3) is 2.19. The average molecular weight is 272 g/mol. The average Bonchev–Trinajstić information content (AvgIpc) is 3.04. The van der Waals surface area contributed by atoms with Crippen LogP contribution in [0.2, 0.25) is 0 Å². The summed E-state index contributed by atoms with van der Waals surface area (Å²) in [4.78, 5) is 6.94. The lowest BCUT2D eigenvalue weighted by atomic mass is 9.98. The van der Waals surface area contributed by atoms with Gasteiger partial charge in [-0.05, 0) is 28.9 Å². The van der Waals surface area contributed by atoms with Gasteiger partial charge in [0.2, 0.25) is 0 Å². The smallest absolute Gasteiger partial charge is 0.128 e. The number of aliphatic imine (C=N–C) groups is 1. The third-order valence-corrected chi connectivity index (χ3v) is 3.92. The Hall–Kier alpha value is -2.61. The van der Waals surface area contributed by atoms with Crippen molar-refractivity contribution < 1.29 is 0 Å². The van der Waals surface area contributed by atoms with E-state index in [1.54, 1.807) is 0 Å². The number of nitrogens with zero attached hydrogens (tertiary/aromatic N) is 2. The van der Waals surface area contributed by atoms with Crippen molar-refractivity contribution in [2.75, 3.05) is 13.1 Å². The first-order chi connectivity index (χ1) is 10.4. The van der Waals surface area contributed by atoms with Crippen LogP contribution in [0, 0.1) is 0 Å². The van der Waals surface area contributed by atoms with Crippen LogP contribution in [0.15, 0.2) is 77.8 Å². The molecule has 2 aliphatic rings. The van der Waals surface area contributed by atoms with Gasteiger partial charge < -0.3 is 4.90 Å². The highest BCUT2D eigenvalue weighted by Crippen LogP contribution is 2.31. The Morgan fingerprint density at radius 1 is 0.762 bits per heavy atom. The van der Waals surface area contributed by atoms with Crippen LogP contribution >= 0.6 is 0 Å². The highest BCUT2D eigenvalue weighted by atomic mass is 15.2. The van der Waals surface area contributed by atoms with E-state index < -0.39 is 0 Å². The van der Waals surface area contributed by atoms with Crippen molar-refractivity contribution in [1.29, 1.82) is 0 Å². The second-order valence-corrected chi connectivity index (χ2v) is 5.25. The van der Waals surface area contributed by atoms with Crippen LogP contribution < -0.4 is 0 Å². The summed E-state index contributed by atoms with van der Waals surface area (Å²) >= 11 is 0. The zero-order valence-corrected chi connectivity index (χ0v) is 11.7. The lowest BCUT2D eigenvalue weighted by molar-refractivity contribution is 0.638. The number of allylic oxidation sites excluding steroid dienone is 2. The maximum atomic E-state index is 4.63. The van der Waals surface area contributed by atoms with E-state index >= 15 is 0 Å². The molecule has 2 aromatic rings. The number of hydrogen-bond acceptors (Lipinski definition) is 2. The normalized spacial score (nSPS) is 17.0. The molecule has 2 aromatic carbocycles. The maximum Gasteiger partial charge on any atom is 0.128 e. The molecule has 0 aromatic heterocycles. The van der Waals surface area contributed by atoms with Gasteiger partial charge in [-0.25, -0.2) is 0 Å². The first kappa shape index (κ1) is 12.2. The number of rotatable bonds is 2. The summed E-state index contributed by atoms with van der Waals surface area (Å²) in [6.45, 7) is 1.84. The summed E-state index contributed by atoms with van der Waals surface area (Å²) in [5, 5.41) is 0. The minimum Gasteiger partial charge on any atom is -0.324 e. The molecule has 0 bridgehead atoms. The highest BCUT2D eigenvalue weighted by Gasteiger charge is 2.24. The topological polar surface area (TPSA) is 15.6 Å². The lowest BCUT2D eigenvalue weighted by Crippen LogP contribution is -2.27. The molecule has 2 aliphatic heterocycles. The molecule has 0 amide bonds. The van der Waals surface area contributed by atoms with Crippen molar-refractivity contribution in [3.05, 3.63) is 83.9 Å². The predicted molar refractivity (Wildman–Crippen MR) is 87.8 cm³/mol. The molecule has 4 rings (SSSR count). The standard InChI is InChI=1S/C19H16N2/c1-3-7-15(8-4-1)17-13-18(16-9-5-2-6-10-16)21-12-11-20-19(21)14-17/h1-10,13-14H,11-12H2. The van der Waals surface area contributed by atoms with Crippen LogP contribution in [-0.4, -0.2) is 23.8 Å². The van der Waals surface area contributed by atoms with E-state index in [4.69, 9.17) is 0 Å². The lowest BCUT2D eigenvalue weighted by Gasteiger charge is -2.27. The SMILES string of the molecule is C1=C(c2ccccc2)C=C(c2ccccc2)N2CCN=C12. The van der Waals surface area contributed by atoms with Crippen LogP contribution in [0.4, 0.5) is 0 Å². The zero-order valence-electron chi connectivity index (χ0n) is 11.7. The van der Waals surface area contributed by atoms with E-state index in [2.05, 4.69) is 76.6 Å². The quantitative estimate of drug-likeness (QED) is 0.811. The van der Waals surface area contributed by atoms with Gasteiger partial charge in [-0.2, -0.15) is 0 Å². The fraction of sp³-hybridized carbons (Fsp3) is 0.105. The summed E-state index contributed by atoms with van der Waals surface area (Å²) < 4.78 is 0. The van der Waals surface area contributed by atoms with Gasteiger partial charge in [0.15, 0.2) is 0 Å². The van der Waals surface area contributed by atoms with Crippen LogP contribution in [0.25, 0.3) is 11.3 Å².